The number of rotatable bonds is 2. The molecule has 0 bridgehead atoms. The Bertz CT molecular complexity index is 578. The van der Waals surface area contributed by atoms with Crippen molar-refractivity contribution in [2.24, 2.45) is 0 Å². The highest BCUT2D eigenvalue weighted by Gasteiger charge is 2.40. The average molecular weight is 275 g/mol. The van der Waals surface area contributed by atoms with Crippen LogP contribution in [-0.4, -0.2) is 15.0 Å². The molecule has 0 spiro atoms. The van der Waals surface area contributed by atoms with E-state index in [4.69, 9.17) is 11.6 Å². The fourth-order valence-electron chi connectivity index (χ4n) is 1.53. The summed E-state index contributed by atoms with van der Waals surface area (Å²) < 4.78 is 39.4. The summed E-state index contributed by atoms with van der Waals surface area (Å²) in [4.78, 5) is 11.0. The summed E-state index contributed by atoms with van der Waals surface area (Å²) in [6.45, 7) is 0. The molecule has 0 N–H and O–H groups in total. The van der Waals surface area contributed by atoms with Crippen molar-refractivity contribution in [3.63, 3.8) is 0 Å². The second kappa shape index (κ2) is 4.45. The number of halogens is 4. The van der Waals surface area contributed by atoms with E-state index < -0.39 is 22.7 Å². The number of benzene rings is 1. The van der Waals surface area contributed by atoms with Crippen molar-refractivity contribution in [1.29, 1.82) is 0 Å². The van der Waals surface area contributed by atoms with Gasteiger partial charge in [-0.25, -0.2) is 4.68 Å². The first-order valence-electron chi connectivity index (χ1n) is 4.81. The molecule has 1 aromatic carbocycles. The molecular formula is C11H6ClF3N2O. The third-order valence-electron chi connectivity index (χ3n) is 2.25. The topological polar surface area (TPSA) is 34.9 Å². The van der Waals surface area contributed by atoms with Gasteiger partial charge in [0.1, 0.15) is 0 Å². The Morgan fingerprint density at radius 2 is 1.83 bits per heavy atom. The van der Waals surface area contributed by atoms with E-state index in [1.165, 1.54) is 12.1 Å². The molecule has 0 saturated heterocycles. The maximum Gasteiger partial charge on any atom is 0.434 e. The lowest BCUT2D eigenvalue weighted by molar-refractivity contribution is -0.143. The van der Waals surface area contributed by atoms with Gasteiger partial charge < -0.3 is 0 Å². The number of carbonyl (C=O) groups excluding carboxylic acids is 1. The quantitative estimate of drug-likeness (QED) is 0.788. The van der Waals surface area contributed by atoms with Crippen molar-refractivity contribution in [3.8, 4) is 5.69 Å². The number of para-hydroxylation sites is 1. The van der Waals surface area contributed by atoms with Gasteiger partial charge in [0.2, 0.25) is 0 Å². The standard InChI is InChI=1S/C11H6ClF3N2O/c12-10(18)8-6-16-17(9(8)11(13,14)15)7-4-2-1-3-5-7/h1-6H. The molecule has 0 aliphatic heterocycles. The molecular weight excluding hydrogens is 269 g/mol. The predicted octanol–water partition coefficient (Wildman–Crippen LogP) is 3.27. The van der Waals surface area contributed by atoms with Gasteiger partial charge in [-0.2, -0.15) is 18.3 Å². The lowest BCUT2D eigenvalue weighted by atomic mass is 10.2. The highest BCUT2D eigenvalue weighted by molar-refractivity contribution is 6.67. The number of aromatic nitrogens is 2. The van der Waals surface area contributed by atoms with Crippen LogP contribution < -0.4 is 0 Å². The van der Waals surface area contributed by atoms with Crippen molar-refractivity contribution in [2.75, 3.05) is 0 Å². The average Bonchev–Trinajstić information content (AvgIpc) is 2.74. The highest BCUT2D eigenvalue weighted by atomic mass is 35.5. The molecule has 1 aromatic heterocycles. The van der Waals surface area contributed by atoms with Gasteiger partial charge in [-0.05, 0) is 23.7 Å². The number of nitrogens with zero attached hydrogens (tertiary/aromatic N) is 2. The van der Waals surface area contributed by atoms with E-state index in [0.29, 0.717) is 4.68 Å². The summed E-state index contributed by atoms with van der Waals surface area (Å²) >= 11 is 5.12. The smallest absolute Gasteiger partial charge is 0.275 e. The van der Waals surface area contributed by atoms with Gasteiger partial charge in [-0.1, -0.05) is 18.2 Å². The maximum absolute atomic E-state index is 12.9. The fourth-order valence-corrected chi connectivity index (χ4v) is 1.67. The van der Waals surface area contributed by atoms with Crippen LogP contribution in [0.3, 0.4) is 0 Å². The molecule has 2 rings (SSSR count). The van der Waals surface area contributed by atoms with Gasteiger partial charge in [0.05, 0.1) is 17.4 Å². The van der Waals surface area contributed by atoms with Crippen LogP contribution in [0.15, 0.2) is 36.5 Å². The van der Waals surface area contributed by atoms with Gasteiger partial charge in [0.15, 0.2) is 5.69 Å². The van der Waals surface area contributed by atoms with Gasteiger partial charge in [-0.15, -0.1) is 0 Å². The third-order valence-corrected chi connectivity index (χ3v) is 2.45. The Kier molecular flexibility index (Phi) is 3.13. The number of hydrogen-bond donors (Lipinski definition) is 0. The highest BCUT2D eigenvalue weighted by Crippen LogP contribution is 2.34. The monoisotopic (exact) mass is 274 g/mol. The molecule has 0 fully saturated rings. The first-order chi connectivity index (χ1) is 8.41. The van der Waals surface area contributed by atoms with E-state index in [1.54, 1.807) is 18.2 Å². The van der Waals surface area contributed by atoms with Crippen molar-refractivity contribution in [3.05, 3.63) is 47.8 Å². The molecule has 0 saturated carbocycles. The summed E-state index contributed by atoms with van der Waals surface area (Å²) in [5.74, 6) is 0. The second-order valence-corrected chi connectivity index (χ2v) is 3.77. The van der Waals surface area contributed by atoms with E-state index in [2.05, 4.69) is 5.10 Å². The largest absolute Gasteiger partial charge is 0.434 e. The summed E-state index contributed by atoms with van der Waals surface area (Å²) in [6.07, 6.45) is -3.91. The Labute approximate surface area is 105 Å². The van der Waals surface area contributed by atoms with E-state index in [-0.39, 0.29) is 5.69 Å². The fraction of sp³-hybridized carbons (Fsp3) is 0.0909. The third kappa shape index (κ3) is 2.24. The van der Waals surface area contributed by atoms with Crippen LogP contribution >= 0.6 is 11.6 Å². The lowest BCUT2D eigenvalue weighted by Crippen LogP contribution is -2.16. The van der Waals surface area contributed by atoms with Crippen LogP contribution in [0.25, 0.3) is 5.69 Å². The molecule has 18 heavy (non-hydrogen) atoms. The van der Waals surface area contributed by atoms with Crippen LogP contribution in [-0.2, 0) is 6.18 Å². The predicted molar refractivity (Wildman–Crippen MR) is 58.7 cm³/mol. The second-order valence-electron chi connectivity index (χ2n) is 3.43. The van der Waals surface area contributed by atoms with Gasteiger partial charge in [0.25, 0.3) is 5.24 Å². The normalized spacial score (nSPS) is 11.6. The van der Waals surface area contributed by atoms with Crippen molar-refractivity contribution in [1.82, 2.24) is 9.78 Å². The van der Waals surface area contributed by atoms with Crippen LogP contribution in [0, 0.1) is 0 Å². The molecule has 0 atom stereocenters. The van der Waals surface area contributed by atoms with Gasteiger partial charge in [-0.3, -0.25) is 4.79 Å². The van der Waals surface area contributed by atoms with E-state index in [1.807, 2.05) is 0 Å². The molecule has 0 aliphatic rings. The Morgan fingerprint density at radius 3 is 2.33 bits per heavy atom. The zero-order valence-corrected chi connectivity index (χ0v) is 9.53. The SMILES string of the molecule is O=C(Cl)c1cnn(-c2ccccc2)c1C(F)(F)F. The Morgan fingerprint density at radius 1 is 1.22 bits per heavy atom. The summed E-state index contributed by atoms with van der Waals surface area (Å²) in [5.41, 5.74) is -1.63. The Balaban J connectivity index is 2.67. The summed E-state index contributed by atoms with van der Waals surface area (Å²) in [6, 6.07) is 7.70. The number of hydrogen-bond acceptors (Lipinski definition) is 2. The molecule has 94 valence electrons. The number of alkyl halides is 3. The zero-order valence-electron chi connectivity index (χ0n) is 8.78. The molecule has 1 heterocycles. The summed E-state index contributed by atoms with van der Waals surface area (Å²) in [7, 11) is 0. The minimum Gasteiger partial charge on any atom is -0.275 e. The van der Waals surface area contributed by atoms with Crippen molar-refractivity contribution >= 4 is 16.8 Å². The molecule has 0 aliphatic carbocycles. The van der Waals surface area contributed by atoms with Gasteiger partial charge >= 0.3 is 6.18 Å². The molecule has 7 heteroatoms. The maximum atomic E-state index is 12.9. The van der Waals surface area contributed by atoms with Crippen LogP contribution in [0.4, 0.5) is 13.2 Å². The van der Waals surface area contributed by atoms with Crippen LogP contribution in [0.1, 0.15) is 16.1 Å². The van der Waals surface area contributed by atoms with Crippen molar-refractivity contribution in [2.45, 2.75) is 6.18 Å². The van der Waals surface area contributed by atoms with E-state index in [0.717, 1.165) is 6.20 Å². The molecule has 0 radical (unpaired) electrons. The van der Waals surface area contributed by atoms with Crippen LogP contribution in [0.2, 0.25) is 0 Å². The molecule has 3 nitrogen and oxygen atoms in total. The first-order valence-corrected chi connectivity index (χ1v) is 5.19. The van der Waals surface area contributed by atoms with E-state index >= 15 is 0 Å². The Hall–Kier alpha value is -1.82. The minimum atomic E-state index is -4.72. The number of carbonyl (C=O) groups is 1. The summed E-state index contributed by atoms with van der Waals surface area (Å²) in [5, 5.41) is 2.38. The molecule has 0 unspecified atom stereocenters. The minimum absolute atomic E-state index is 0.203. The first kappa shape index (κ1) is 12.6. The van der Waals surface area contributed by atoms with Gasteiger partial charge in [0, 0.05) is 0 Å². The molecule has 2 aromatic rings. The molecule has 0 amide bonds. The zero-order chi connectivity index (χ0) is 13.3. The lowest BCUT2D eigenvalue weighted by Gasteiger charge is -2.11. The van der Waals surface area contributed by atoms with E-state index in [9.17, 15) is 18.0 Å². The van der Waals surface area contributed by atoms with Crippen molar-refractivity contribution < 1.29 is 18.0 Å². The van der Waals surface area contributed by atoms with Crippen LogP contribution in [0.5, 0.6) is 0 Å².